The van der Waals surface area contributed by atoms with E-state index in [1.807, 2.05) is 41.0 Å². The van der Waals surface area contributed by atoms with Gasteiger partial charge in [0.1, 0.15) is 0 Å². The minimum absolute atomic E-state index is 0.0375. The molecule has 9 nitrogen and oxygen atoms in total. The molecule has 1 aromatic carbocycles. The van der Waals surface area contributed by atoms with Crippen LogP contribution in [0.4, 0.5) is 5.69 Å². The SMILES string of the molecule is O=C(N=Nc1c(O)n(CN2C[C@H]3C[C@@H](C2)c2cccc(=O)n2C3)c2ccccc12)c1ccco1. The van der Waals surface area contributed by atoms with Gasteiger partial charge in [-0.1, -0.05) is 24.3 Å². The van der Waals surface area contributed by atoms with Gasteiger partial charge in [0, 0.05) is 42.7 Å². The van der Waals surface area contributed by atoms with Gasteiger partial charge in [0.05, 0.1) is 18.4 Å². The fourth-order valence-corrected chi connectivity index (χ4v) is 5.37. The van der Waals surface area contributed by atoms with Gasteiger partial charge in [-0.3, -0.25) is 19.1 Å². The molecule has 2 aliphatic rings. The molecule has 1 saturated heterocycles. The van der Waals surface area contributed by atoms with E-state index in [4.69, 9.17) is 4.42 Å². The van der Waals surface area contributed by atoms with Crippen molar-refractivity contribution in [1.82, 2.24) is 14.0 Å². The molecular weight excluding hydrogens is 434 g/mol. The number of amides is 1. The molecule has 0 aliphatic carbocycles. The molecule has 3 aromatic heterocycles. The van der Waals surface area contributed by atoms with E-state index in [1.54, 1.807) is 16.7 Å². The molecule has 0 saturated carbocycles. The first kappa shape index (κ1) is 20.6. The van der Waals surface area contributed by atoms with Crippen LogP contribution in [0.15, 0.2) is 80.3 Å². The number of hydrogen-bond acceptors (Lipinski definition) is 6. The van der Waals surface area contributed by atoms with Gasteiger partial charge in [0.25, 0.3) is 5.56 Å². The van der Waals surface area contributed by atoms with Crippen LogP contribution in [0.25, 0.3) is 10.9 Å². The van der Waals surface area contributed by atoms with E-state index in [2.05, 4.69) is 15.1 Å². The van der Waals surface area contributed by atoms with Crippen LogP contribution in [0.3, 0.4) is 0 Å². The lowest BCUT2D eigenvalue weighted by Gasteiger charge is -2.42. The zero-order chi connectivity index (χ0) is 23.2. The van der Waals surface area contributed by atoms with Crippen molar-refractivity contribution in [3.05, 3.63) is 82.7 Å². The van der Waals surface area contributed by atoms with Gasteiger partial charge in [0.15, 0.2) is 11.4 Å². The van der Waals surface area contributed by atoms with Gasteiger partial charge in [-0.2, -0.15) is 0 Å². The summed E-state index contributed by atoms with van der Waals surface area (Å²) in [5.74, 6) is 0.0885. The number of para-hydroxylation sites is 1. The maximum Gasteiger partial charge on any atom is 0.331 e. The molecule has 2 atom stereocenters. The zero-order valence-corrected chi connectivity index (χ0v) is 18.4. The minimum Gasteiger partial charge on any atom is -0.493 e. The molecule has 34 heavy (non-hydrogen) atoms. The smallest absolute Gasteiger partial charge is 0.331 e. The Morgan fingerprint density at radius 1 is 1.06 bits per heavy atom. The fraction of sp³-hybridized carbons (Fsp3) is 0.280. The van der Waals surface area contributed by atoms with E-state index in [0.717, 1.165) is 37.3 Å². The largest absolute Gasteiger partial charge is 0.493 e. The summed E-state index contributed by atoms with van der Waals surface area (Å²) in [5, 5.41) is 19.6. The third-order valence-electron chi connectivity index (χ3n) is 6.79. The molecule has 1 N–H and O–H groups in total. The van der Waals surface area contributed by atoms with Crippen molar-refractivity contribution in [3.8, 4) is 5.88 Å². The van der Waals surface area contributed by atoms with Gasteiger partial charge >= 0.3 is 5.91 Å². The summed E-state index contributed by atoms with van der Waals surface area (Å²) in [4.78, 5) is 26.8. The summed E-state index contributed by atoms with van der Waals surface area (Å²) in [6, 6.07) is 16.2. The van der Waals surface area contributed by atoms with Gasteiger partial charge in [-0.15, -0.1) is 10.2 Å². The van der Waals surface area contributed by atoms with Crippen LogP contribution in [-0.2, 0) is 13.2 Å². The molecule has 9 heteroatoms. The zero-order valence-electron chi connectivity index (χ0n) is 18.4. The Balaban J connectivity index is 1.31. The van der Waals surface area contributed by atoms with Gasteiger partial charge in [0.2, 0.25) is 5.88 Å². The molecule has 172 valence electrons. The normalized spacial score (nSPS) is 20.1. The number of fused-ring (bicyclic) bond motifs is 5. The molecule has 2 aliphatic heterocycles. The number of benzene rings is 1. The number of hydrogen-bond donors (Lipinski definition) is 1. The Hall–Kier alpha value is -3.98. The van der Waals surface area contributed by atoms with Crippen LogP contribution in [0.1, 0.15) is 28.6 Å². The Kier molecular flexibility index (Phi) is 4.91. The van der Waals surface area contributed by atoms with Crippen molar-refractivity contribution in [2.75, 3.05) is 13.1 Å². The predicted octanol–water partition coefficient (Wildman–Crippen LogP) is 4.10. The first-order chi connectivity index (χ1) is 16.6. The van der Waals surface area contributed by atoms with Crippen molar-refractivity contribution in [3.63, 3.8) is 0 Å². The number of furan rings is 1. The molecule has 5 heterocycles. The average molecular weight is 457 g/mol. The van der Waals surface area contributed by atoms with Gasteiger partial charge in [-0.25, -0.2) is 0 Å². The Morgan fingerprint density at radius 2 is 1.94 bits per heavy atom. The number of carbonyl (C=O) groups excluding carboxylic acids is 1. The maximum absolute atomic E-state index is 12.3. The number of pyridine rings is 1. The highest BCUT2D eigenvalue weighted by molar-refractivity contribution is 5.96. The number of carbonyl (C=O) groups is 1. The van der Waals surface area contributed by atoms with E-state index < -0.39 is 5.91 Å². The van der Waals surface area contributed by atoms with Crippen molar-refractivity contribution in [2.45, 2.75) is 25.6 Å². The lowest BCUT2D eigenvalue weighted by Crippen LogP contribution is -2.47. The highest BCUT2D eigenvalue weighted by atomic mass is 16.3. The summed E-state index contributed by atoms with van der Waals surface area (Å²) >= 11 is 0. The van der Waals surface area contributed by atoms with E-state index in [9.17, 15) is 14.7 Å². The summed E-state index contributed by atoms with van der Waals surface area (Å²) < 4.78 is 8.79. The topological polar surface area (TPSA) is 105 Å². The van der Waals surface area contributed by atoms with E-state index in [0.29, 0.717) is 18.0 Å². The van der Waals surface area contributed by atoms with Gasteiger partial charge < -0.3 is 14.1 Å². The molecular formula is C25H23N5O4. The molecule has 1 fully saturated rings. The second-order valence-corrected chi connectivity index (χ2v) is 8.98. The number of piperidine rings is 1. The van der Waals surface area contributed by atoms with Crippen LogP contribution in [-0.4, -0.2) is 38.1 Å². The molecule has 0 unspecified atom stereocenters. The monoisotopic (exact) mass is 457 g/mol. The van der Waals surface area contributed by atoms with E-state index in [1.165, 1.54) is 12.3 Å². The quantitative estimate of drug-likeness (QED) is 0.465. The average Bonchev–Trinajstić information content (AvgIpc) is 3.46. The molecule has 6 rings (SSSR count). The lowest BCUT2D eigenvalue weighted by atomic mass is 9.83. The van der Waals surface area contributed by atoms with Crippen molar-refractivity contribution in [2.24, 2.45) is 16.1 Å². The highest BCUT2D eigenvalue weighted by Crippen LogP contribution is 2.40. The fourth-order valence-electron chi connectivity index (χ4n) is 5.37. The Labute approximate surface area is 194 Å². The standard InChI is InChI=1S/C25H23N5O4/c31-22-9-3-7-19-17-11-16(13-29(19)22)12-28(14-17)15-30-20-6-2-1-5-18(20)23(25(30)33)26-27-24(32)21-8-4-10-34-21/h1-10,16-17,33H,11-15H2/t16-,17+/m1/s1. The summed E-state index contributed by atoms with van der Waals surface area (Å²) in [6.45, 7) is 2.81. The van der Waals surface area contributed by atoms with Gasteiger partial charge in [-0.05, 0) is 36.6 Å². The predicted molar refractivity (Wildman–Crippen MR) is 124 cm³/mol. The Morgan fingerprint density at radius 3 is 2.79 bits per heavy atom. The van der Waals surface area contributed by atoms with Crippen molar-refractivity contribution >= 4 is 22.5 Å². The number of azo groups is 1. The summed E-state index contributed by atoms with van der Waals surface area (Å²) in [7, 11) is 0. The van der Waals surface area contributed by atoms with Crippen LogP contribution in [0, 0.1) is 5.92 Å². The van der Waals surface area contributed by atoms with Crippen molar-refractivity contribution in [1.29, 1.82) is 0 Å². The molecule has 4 aromatic rings. The van der Waals surface area contributed by atoms with Crippen molar-refractivity contribution < 1.29 is 14.3 Å². The van der Waals surface area contributed by atoms with Crippen LogP contribution in [0.2, 0.25) is 0 Å². The highest BCUT2D eigenvalue weighted by Gasteiger charge is 2.35. The molecule has 1 amide bonds. The third-order valence-corrected chi connectivity index (χ3v) is 6.79. The summed E-state index contributed by atoms with van der Waals surface area (Å²) in [6.07, 6.45) is 2.46. The number of nitrogens with zero attached hydrogens (tertiary/aromatic N) is 5. The first-order valence-corrected chi connectivity index (χ1v) is 11.3. The number of likely N-dealkylation sites (tertiary alicyclic amines) is 1. The Bertz CT molecular complexity index is 1470. The second-order valence-electron chi connectivity index (χ2n) is 8.98. The summed E-state index contributed by atoms with van der Waals surface area (Å²) in [5.41, 5.74) is 2.21. The first-order valence-electron chi connectivity index (χ1n) is 11.3. The number of aromatic nitrogens is 2. The third kappa shape index (κ3) is 3.45. The molecule has 0 radical (unpaired) electrons. The van der Waals surface area contributed by atoms with E-state index >= 15 is 0 Å². The minimum atomic E-state index is -0.612. The lowest BCUT2D eigenvalue weighted by molar-refractivity contribution is 0.0922. The van der Waals surface area contributed by atoms with Crippen LogP contribution >= 0.6 is 0 Å². The van der Waals surface area contributed by atoms with Crippen LogP contribution < -0.4 is 5.56 Å². The maximum atomic E-state index is 12.3. The molecule has 2 bridgehead atoms. The molecule has 0 spiro atoms. The van der Waals surface area contributed by atoms with E-state index in [-0.39, 0.29) is 28.8 Å². The number of rotatable bonds is 4. The second kappa shape index (κ2) is 8.11. The van der Waals surface area contributed by atoms with Crippen LogP contribution in [0.5, 0.6) is 5.88 Å². The number of aromatic hydroxyl groups is 1.